The average Bonchev–Trinajstić information content (AvgIpc) is 2.91. The first-order chi connectivity index (χ1) is 11.0. The molecule has 0 aromatic carbocycles. The summed E-state index contributed by atoms with van der Waals surface area (Å²) >= 11 is 0. The van der Waals surface area contributed by atoms with Gasteiger partial charge in [0.25, 0.3) is 0 Å². The molecule has 2 aliphatic heterocycles. The van der Waals surface area contributed by atoms with Crippen molar-refractivity contribution in [3.05, 3.63) is 35.1 Å². The van der Waals surface area contributed by atoms with E-state index in [1.165, 1.54) is 11.1 Å². The van der Waals surface area contributed by atoms with E-state index >= 15 is 0 Å². The molecule has 1 unspecified atom stereocenters. The Hall–Kier alpha value is -1.10. The van der Waals surface area contributed by atoms with Gasteiger partial charge in [0.15, 0.2) is 0 Å². The number of ether oxygens (including phenoxy) is 2. The quantitative estimate of drug-likeness (QED) is 0.748. The fourth-order valence-electron chi connectivity index (χ4n) is 5.52. The summed E-state index contributed by atoms with van der Waals surface area (Å²) in [7, 11) is 3.78. The van der Waals surface area contributed by atoms with Crippen molar-refractivity contribution in [2.75, 3.05) is 20.7 Å². The Morgan fingerprint density at radius 1 is 1.50 bits per heavy atom. The lowest BCUT2D eigenvalue weighted by molar-refractivity contribution is -0.0959. The lowest BCUT2D eigenvalue weighted by atomic mass is 9.51. The monoisotopic (exact) mass is 302 g/mol. The van der Waals surface area contributed by atoms with Gasteiger partial charge in [-0.2, -0.15) is 0 Å². The Labute approximate surface area is 132 Å². The minimum absolute atomic E-state index is 0.185. The van der Waals surface area contributed by atoms with E-state index in [1.54, 1.807) is 7.11 Å². The van der Waals surface area contributed by atoms with Crippen LogP contribution in [0, 0.1) is 11.3 Å². The minimum atomic E-state index is -1.15. The number of aliphatic hydroxyl groups is 1. The number of hydrogen-bond acceptors (Lipinski definition) is 4. The van der Waals surface area contributed by atoms with Gasteiger partial charge in [0.2, 0.25) is 0 Å². The van der Waals surface area contributed by atoms with Crippen LogP contribution in [0.15, 0.2) is 35.1 Å². The van der Waals surface area contributed by atoms with Gasteiger partial charge in [-0.15, -0.1) is 0 Å². The van der Waals surface area contributed by atoms with Crippen LogP contribution in [0.5, 0.6) is 0 Å². The fraction of sp³-hybridized carbons (Fsp3) is 0.667. The molecule has 5 aliphatic rings. The van der Waals surface area contributed by atoms with E-state index in [0.29, 0.717) is 24.1 Å². The van der Waals surface area contributed by atoms with Gasteiger partial charge in [-0.25, -0.2) is 0 Å². The number of aliphatic hydroxyl groups excluding tert-OH is 1. The van der Waals surface area contributed by atoms with Crippen molar-refractivity contribution in [1.82, 2.24) is 4.90 Å². The summed E-state index contributed by atoms with van der Waals surface area (Å²) in [5.74, 6) is 1.01. The molecule has 5 rings (SSSR count). The summed E-state index contributed by atoms with van der Waals surface area (Å²) in [4.78, 5) is 2.45. The Balaban J connectivity index is 1.76. The Kier molecular flexibility index (Phi) is 2.38. The fourth-order valence-corrected chi connectivity index (χ4v) is 5.52. The third-order valence-electron chi connectivity index (χ3n) is 6.51. The molecule has 4 heteroatoms. The van der Waals surface area contributed by atoms with Gasteiger partial charge in [0.1, 0.15) is 24.0 Å². The van der Waals surface area contributed by atoms with E-state index in [9.17, 15) is 5.11 Å². The molecule has 0 aromatic heterocycles. The summed E-state index contributed by atoms with van der Waals surface area (Å²) in [6.07, 6.45) is 6.72. The maximum atomic E-state index is 10.6. The zero-order chi connectivity index (χ0) is 16.0. The zero-order valence-corrected chi connectivity index (χ0v) is 13.1. The Morgan fingerprint density at radius 3 is 3.18 bits per heavy atom. The molecule has 2 fully saturated rings. The molecule has 1 saturated heterocycles. The molecular formula is C18H23NO3. The second kappa shape index (κ2) is 4.25. The van der Waals surface area contributed by atoms with Crippen LogP contribution in [0.4, 0.5) is 0 Å². The summed E-state index contributed by atoms with van der Waals surface area (Å²) in [6, 6.07) is 0.453. The highest BCUT2D eigenvalue weighted by molar-refractivity contribution is 5.53. The highest BCUT2D eigenvalue weighted by Gasteiger charge is 2.65. The van der Waals surface area contributed by atoms with E-state index in [0.717, 1.165) is 19.4 Å². The van der Waals surface area contributed by atoms with E-state index in [1.807, 2.05) is 6.08 Å². The largest absolute Gasteiger partial charge is 0.488 e. The topological polar surface area (TPSA) is 41.9 Å². The van der Waals surface area contributed by atoms with Crippen molar-refractivity contribution < 1.29 is 16.0 Å². The van der Waals surface area contributed by atoms with Crippen molar-refractivity contribution in [2.24, 2.45) is 11.3 Å². The molecule has 6 atom stereocenters. The molecule has 3 aliphatic carbocycles. The first-order valence-electron chi connectivity index (χ1n) is 8.74. The van der Waals surface area contributed by atoms with Crippen molar-refractivity contribution in [3.63, 3.8) is 0 Å². The highest BCUT2D eigenvalue weighted by atomic mass is 16.5. The van der Waals surface area contributed by atoms with Gasteiger partial charge < -0.3 is 19.5 Å². The molecule has 0 radical (unpaired) electrons. The third-order valence-corrected chi connectivity index (χ3v) is 6.51. The standard InChI is InChI=1S/C18H23NO3/c1-19-8-7-18-11-4-5-13(20)17(18)22-16-14(21-2)6-3-10(15(16)18)9-12(11)19/h3-5,11-14,17,20H,6-9H2,1-2H3/t11-,12+,13-,14?,17-,18-/m0/s1/i14D. The predicted molar refractivity (Wildman–Crippen MR) is 82.1 cm³/mol. The smallest absolute Gasteiger partial charge is 0.138 e. The van der Waals surface area contributed by atoms with Crippen LogP contribution in [0.2, 0.25) is 0 Å². The second-order valence-electron chi connectivity index (χ2n) is 7.25. The van der Waals surface area contributed by atoms with Crippen LogP contribution < -0.4 is 0 Å². The summed E-state index contributed by atoms with van der Waals surface area (Å²) < 4.78 is 20.5. The third kappa shape index (κ3) is 1.35. The minimum Gasteiger partial charge on any atom is -0.488 e. The molecule has 118 valence electrons. The molecule has 22 heavy (non-hydrogen) atoms. The van der Waals surface area contributed by atoms with Gasteiger partial charge in [0.05, 0.1) is 1.37 Å². The van der Waals surface area contributed by atoms with Crippen LogP contribution >= 0.6 is 0 Å². The van der Waals surface area contributed by atoms with Gasteiger partial charge >= 0.3 is 0 Å². The molecule has 2 bridgehead atoms. The van der Waals surface area contributed by atoms with Crippen LogP contribution in [0.25, 0.3) is 0 Å². The number of likely N-dealkylation sites (tertiary alicyclic amines) is 1. The maximum Gasteiger partial charge on any atom is 0.138 e. The van der Waals surface area contributed by atoms with Crippen molar-refractivity contribution in [3.8, 4) is 0 Å². The summed E-state index contributed by atoms with van der Waals surface area (Å²) in [6.45, 7) is 1.00. The first kappa shape index (κ1) is 12.3. The van der Waals surface area contributed by atoms with Crippen molar-refractivity contribution in [1.29, 1.82) is 0 Å². The number of rotatable bonds is 1. The highest BCUT2D eigenvalue weighted by Crippen LogP contribution is 2.64. The molecule has 4 nitrogen and oxygen atoms in total. The number of nitrogens with zero attached hydrogens (tertiary/aromatic N) is 1. The van der Waals surface area contributed by atoms with Gasteiger partial charge in [-0.05, 0) is 38.4 Å². The molecule has 1 N–H and O–H groups in total. The van der Waals surface area contributed by atoms with E-state index in [4.69, 9.17) is 10.8 Å². The molecule has 1 saturated carbocycles. The van der Waals surface area contributed by atoms with E-state index < -0.39 is 12.2 Å². The van der Waals surface area contributed by atoms with Crippen LogP contribution in [-0.4, -0.2) is 55.0 Å². The normalized spacial score (nSPS) is 52.9. The van der Waals surface area contributed by atoms with Crippen molar-refractivity contribution >= 4 is 0 Å². The molecule has 2 heterocycles. The van der Waals surface area contributed by atoms with E-state index in [2.05, 4.69) is 24.1 Å². The summed E-state index contributed by atoms with van der Waals surface area (Å²) in [5, 5.41) is 10.6. The summed E-state index contributed by atoms with van der Waals surface area (Å²) in [5.41, 5.74) is 2.32. The Bertz CT molecular complexity index is 671. The van der Waals surface area contributed by atoms with Crippen LogP contribution in [0.3, 0.4) is 0 Å². The number of piperidine rings is 1. The lowest BCUT2D eigenvalue weighted by Crippen LogP contribution is -2.62. The number of methoxy groups -OCH3 is 1. The van der Waals surface area contributed by atoms with Gasteiger partial charge in [-0.1, -0.05) is 18.2 Å². The first-order valence-corrected chi connectivity index (χ1v) is 8.24. The zero-order valence-electron chi connectivity index (χ0n) is 14.1. The Morgan fingerprint density at radius 2 is 2.36 bits per heavy atom. The second-order valence-corrected chi connectivity index (χ2v) is 7.25. The SMILES string of the molecule is [2H]C1(OC)CC=C2C[C@@H]3[C@@H]4C=C[C@H](O)[C@@H]5OC1=C2[C@]45CCN3C. The number of hydrogen-bond donors (Lipinski definition) is 1. The molecule has 0 amide bonds. The maximum absolute atomic E-state index is 10.6. The van der Waals surface area contributed by atoms with Gasteiger partial charge in [0, 0.05) is 30.1 Å². The predicted octanol–water partition coefficient (Wildman–Crippen LogP) is 1.63. The van der Waals surface area contributed by atoms with E-state index in [-0.39, 0.29) is 11.5 Å². The lowest BCUT2D eigenvalue weighted by Gasteiger charge is -2.58. The van der Waals surface area contributed by atoms with Gasteiger partial charge in [-0.3, -0.25) is 0 Å². The average molecular weight is 302 g/mol. The molecular weight excluding hydrogens is 278 g/mol. The molecule has 1 spiro atoms. The van der Waals surface area contributed by atoms with Crippen LogP contribution in [0.1, 0.15) is 20.6 Å². The van der Waals surface area contributed by atoms with Crippen LogP contribution in [-0.2, 0) is 9.47 Å². The molecule has 0 aromatic rings. The van der Waals surface area contributed by atoms with Crippen molar-refractivity contribution in [2.45, 2.75) is 43.6 Å².